The van der Waals surface area contributed by atoms with Crippen molar-refractivity contribution in [3.8, 4) is 45.0 Å². The Labute approximate surface area is 225 Å². The number of aromatic nitrogens is 3. The highest BCUT2D eigenvalue weighted by Crippen LogP contribution is 2.62. The van der Waals surface area contributed by atoms with Gasteiger partial charge >= 0.3 is 0 Å². The van der Waals surface area contributed by atoms with Gasteiger partial charge in [0.2, 0.25) is 5.28 Å². The molecule has 0 radical (unpaired) electrons. The highest BCUT2D eigenvalue weighted by molar-refractivity contribution is 6.28. The van der Waals surface area contributed by atoms with Crippen molar-refractivity contribution in [1.29, 1.82) is 0 Å². The molecule has 3 nitrogen and oxygen atoms in total. The first-order chi connectivity index (χ1) is 18.7. The van der Waals surface area contributed by atoms with Gasteiger partial charge in [0, 0.05) is 11.1 Å². The molecule has 178 valence electrons. The normalized spacial score (nSPS) is 13.6. The molecule has 38 heavy (non-hydrogen) atoms. The predicted molar refractivity (Wildman–Crippen MR) is 152 cm³/mol. The average molecular weight is 506 g/mol. The summed E-state index contributed by atoms with van der Waals surface area (Å²) in [5.41, 5.74) is 11.6. The van der Waals surface area contributed by atoms with Crippen LogP contribution in [0.4, 0.5) is 0 Å². The fourth-order valence-corrected chi connectivity index (χ4v) is 6.59. The van der Waals surface area contributed by atoms with E-state index in [1.807, 2.05) is 30.3 Å². The Hall–Kier alpha value is -4.60. The maximum Gasteiger partial charge on any atom is 0.226 e. The summed E-state index contributed by atoms with van der Waals surface area (Å²) in [4.78, 5) is 13.8. The van der Waals surface area contributed by atoms with Crippen molar-refractivity contribution in [2.45, 2.75) is 5.41 Å². The Morgan fingerprint density at radius 2 is 0.895 bits per heavy atom. The first-order valence-electron chi connectivity index (χ1n) is 12.7. The summed E-state index contributed by atoms with van der Waals surface area (Å²) in [5.74, 6) is 1.13. The monoisotopic (exact) mass is 505 g/mol. The zero-order valence-corrected chi connectivity index (χ0v) is 21.0. The summed E-state index contributed by atoms with van der Waals surface area (Å²) in [6.45, 7) is 0. The quantitative estimate of drug-likeness (QED) is 0.237. The average Bonchev–Trinajstić information content (AvgIpc) is 3.44. The van der Waals surface area contributed by atoms with Crippen molar-refractivity contribution < 1.29 is 0 Å². The highest BCUT2D eigenvalue weighted by Gasteiger charge is 2.51. The zero-order valence-electron chi connectivity index (χ0n) is 20.3. The molecule has 0 amide bonds. The molecular weight excluding hydrogens is 486 g/mol. The van der Waals surface area contributed by atoms with Crippen molar-refractivity contribution in [1.82, 2.24) is 15.0 Å². The van der Waals surface area contributed by atoms with Crippen LogP contribution in [0, 0.1) is 0 Å². The summed E-state index contributed by atoms with van der Waals surface area (Å²) < 4.78 is 0. The van der Waals surface area contributed by atoms with Gasteiger partial charge < -0.3 is 0 Å². The van der Waals surface area contributed by atoms with E-state index in [1.54, 1.807) is 0 Å². The first-order valence-corrected chi connectivity index (χ1v) is 13.0. The Morgan fingerprint density at radius 3 is 1.47 bits per heavy atom. The van der Waals surface area contributed by atoms with Crippen molar-refractivity contribution in [2.24, 2.45) is 0 Å². The van der Waals surface area contributed by atoms with Crippen LogP contribution in [0.5, 0.6) is 0 Å². The fourth-order valence-electron chi connectivity index (χ4n) is 6.43. The second-order valence-corrected chi connectivity index (χ2v) is 10.1. The third-order valence-electron chi connectivity index (χ3n) is 7.90. The molecule has 6 aromatic rings. The van der Waals surface area contributed by atoms with Gasteiger partial charge in [0.05, 0.1) is 5.41 Å². The molecule has 0 bridgehead atoms. The molecular formula is C34H20ClN3. The molecule has 1 aromatic heterocycles. The topological polar surface area (TPSA) is 38.7 Å². The molecule has 5 aromatic carbocycles. The number of halogens is 1. The van der Waals surface area contributed by atoms with E-state index in [-0.39, 0.29) is 5.28 Å². The lowest BCUT2D eigenvalue weighted by molar-refractivity contribution is 0.794. The van der Waals surface area contributed by atoms with Gasteiger partial charge in [-0.15, -0.1) is 0 Å². The van der Waals surface area contributed by atoms with Crippen LogP contribution in [0.15, 0.2) is 121 Å². The second kappa shape index (κ2) is 7.95. The molecule has 1 spiro atoms. The second-order valence-electron chi connectivity index (χ2n) is 9.76. The van der Waals surface area contributed by atoms with E-state index in [2.05, 4.69) is 101 Å². The van der Waals surface area contributed by atoms with Crippen LogP contribution in [0.25, 0.3) is 45.0 Å². The van der Waals surface area contributed by atoms with Crippen molar-refractivity contribution in [3.63, 3.8) is 0 Å². The number of hydrogen-bond acceptors (Lipinski definition) is 3. The molecule has 2 aliphatic rings. The third kappa shape index (κ3) is 2.82. The fraction of sp³-hybridized carbons (Fsp3) is 0.0294. The summed E-state index contributed by atoms with van der Waals surface area (Å²) >= 11 is 6.43. The molecule has 2 aliphatic carbocycles. The van der Waals surface area contributed by atoms with Gasteiger partial charge in [0.25, 0.3) is 0 Å². The van der Waals surface area contributed by atoms with Gasteiger partial charge in [-0.1, -0.05) is 115 Å². The van der Waals surface area contributed by atoms with Gasteiger partial charge in [-0.2, -0.15) is 9.97 Å². The van der Waals surface area contributed by atoms with Crippen LogP contribution < -0.4 is 0 Å². The van der Waals surface area contributed by atoms with Crippen LogP contribution >= 0.6 is 11.6 Å². The molecule has 1 heterocycles. The van der Waals surface area contributed by atoms with E-state index in [9.17, 15) is 0 Å². The van der Waals surface area contributed by atoms with Crippen LogP contribution in [0.3, 0.4) is 0 Å². The van der Waals surface area contributed by atoms with Crippen LogP contribution in [0.1, 0.15) is 22.3 Å². The van der Waals surface area contributed by atoms with Gasteiger partial charge in [-0.3, -0.25) is 0 Å². The van der Waals surface area contributed by atoms with E-state index in [0.717, 1.165) is 11.1 Å². The van der Waals surface area contributed by atoms with E-state index >= 15 is 0 Å². The van der Waals surface area contributed by atoms with Crippen LogP contribution in [-0.4, -0.2) is 15.0 Å². The molecule has 0 atom stereocenters. The largest absolute Gasteiger partial charge is 0.226 e. The first kappa shape index (κ1) is 21.5. The molecule has 0 saturated heterocycles. The molecule has 0 N–H and O–H groups in total. The van der Waals surface area contributed by atoms with Gasteiger partial charge in [0.1, 0.15) is 0 Å². The number of hydrogen-bond donors (Lipinski definition) is 0. The Balaban J connectivity index is 1.42. The lowest BCUT2D eigenvalue weighted by atomic mass is 9.70. The lowest BCUT2D eigenvalue weighted by Gasteiger charge is -2.30. The van der Waals surface area contributed by atoms with Gasteiger partial charge in [-0.25, -0.2) is 4.98 Å². The number of fused-ring (bicyclic) bond motifs is 10. The molecule has 0 unspecified atom stereocenters. The minimum Gasteiger partial charge on any atom is -0.208 e. The summed E-state index contributed by atoms with van der Waals surface area (Å²) in [5, 5.41) is 0.184. The SMILES string of the molecule is Clc1nc(-c2ccccc2)nc(-c2ccc3c(c2)C2(c4ccccc4-c4ccccc42)c2ccccc2-3)n1. The van der Waals surface area contributed by atoms with Crippen molar-refractivity contribution in [2.75, 3.05) is 0 Å². The maximum atomic E-state index is 6.43. The van der Waals surface area contributed by atoms with Crippen molar-refractivity contribution >= 4 is 11.6 Å². The number of benzene rings is 5. The zero-order chi connectivity index (χ0) is 25.3. The molecule has 0 fully saturated rings. The van der Waals surface area contributed by atoms with Crippen LogP contribution in [-0.2, 0) is 5.41 Å². The molecule has 0 saturated carbocycles. The van der Waals surface area contributed by atoms with Crippen molar-refractivity contribution in [3.05, 3.63) is 149 Å². The van der Waals surface area contributed by atoms with E-state index in [4.69, 9.17) is 16.6 Å². The molecule has 4 heteroatoms. The molecule has 0 aliphatic heterocycles. The van der Waals surface area contributed by atoms with E-state index < -0.39 is 5.41 Å². The lowest BCUT2D eigenvalue weighted by Crippen LogP contribution is -2.25. The minimum atomic E-state index is -0.409. The smallest absolute Gasteiger partial charge is 0.208 e. The molecule has 8 rings (SSSR count). The number of rotatable bonds is 2. The summed E-state index contributed by atoms with van der Waals surface area (Å²) in [7, 11) is 0. The Kier molecular flexibility index (Phi) is 4.49. The summed E-state index contributed by atoms with van der Waals surface area (Å²) in [6, 6.07) is 42.8. The third-order valence-corrected chi connectivity index (χ3v) is 8.06. The van der Waals surface area contributed by atoms with Gasteiger partial charge in [-0.05, 0) is 62.2 Å². The standard InChI is InChI=1S/C34H20ClN3/c35-33-37-31(21-10-2-1-3-11-21)36-32(38-33)22-18-19-26-25-14-6-9-17-29(25)34(30(26)20-22)27-15-7-4-12-23(27)24-13-5-8-16-28(24)34/h1-20H. The number of nitrogens with zero attached hydrogens (tertiary/aromatic N) is 3. The van der Waals surface area contributed by atoms with E-state index in [0.29, 0.717) is 11.6 Å². The van der Waals surface area contributed by atoms with Crippen LogP contribution in [0.2, 0.25) is 5.28 Å². The maximum absolute atomic E-state index is 6.43. The van der Waals surface area contributed by atoms with E-state index in [1.165, 1.54) is 44.5 Å². The highest BCUT2D eigenvalue weighted by atomic mass is 35.5. The van der Waals surface area contributed by atoms with Gasteiger partial charge in [0.15, 0.2) is 11.6 Å². The minimum absolute atomic E-state index is 0.184. The predicted octanol–water partition coefficient (Wildman–Crippen LogP) is 8.20. The Bertz CT molecular complexity index is 1830. The summed E-state index contributed by atoms with van der Waals surface area (Å²) in [6.07, 6.45) is 0. The Morgan fingerprint density at radius 1 is 0.421 bits per heavy atom.